The number of carbonyl (C=O) groups is 2. The topological polar surface area (TPSA) is 90.4 Å². The summed E-state index contributed by atoms with van der Waals surface area (Å²) in [4.78, 5) is 26.1. The van der Waals surface area contributed by atoms with Gasteiger partial charge in [0.1, 0.15) is 9.30 Å². The van der Waals surface area contributed by atoms with Crippen LogP contribution in [0.15, 0.2) is 0 Å². The van der Waals surface area contributed by atoms with Crippen LogP contribution in [0.4, 0.5) is 4.79 Å². The molecule has 7 nitrogen and oxygen atoms in total. The predicted molar refractivity (Wildman–Crippen MR) is 91.8 cm³/mol. The molecular formula is C15H21IN4O3. The van der Waals surface area contributed by atoms with Crippen molar-refractivity contribution in [1.82, 2.24) is 14.7 Å². The second-order valence-corrected chi connectivity index (χ2v) is 8.19. The number of carbonyl (C=O) groups excluding carboxylic acids is 2. The van der Waals surface area contributed by atoms with Crippen molar-refractivity contribution in [3.63, 3.8) is 0 Å². The van der Waals surface area contributed by atoms with Gasteiger partial charge in [-0.05, 0) is 62.1 Å². The van der Waals surface area contributed by atoms with Gasteiger partial charge in [-0.3, -0.25) is 14.4 Å². The summed E-state index contributed by atoms with van der Waals surface area (Å²) in [7, 11) is 0. The van der Waals surface area contributed by atoms with E-state index in [9.17, 15) is 9.59 Å². The Labute approximate surface area is 148 Å². The van der Waals surface area contributed by atoms with Gasteiger partial charge in [0.25, 0.3) is 5.91 Å². The fraction of sp³-hybridized carbons (Fsp3) is 0.667. The molecule has 1 aliphatic carbocycles. The van der Waals surface area contributed by atoms with Gasteiger partial charge in [0.05, 0.1) is 30.4 Å². The molecule has 1 aliphatic heterocycles. The van der Waals surface area contributed by atoms with Gasteiger partial charge in [-0.1, -0.05) is 0 Å². The standard InChI is InChI=1S/C15H21IN4O3/c1-15(2,3)23-14(22)19-6-10-11(13(17)21)12(16)18-20(10)7-9(19)8-4-5-8/h8-9H,4-7H2,1-3H3,(H2,17,21). The Bertz CT molecular complexity index is 660. The minimum atomic E-state index is -0.552. The van der Waals surface area contributed by atoms with Gasteiger partial charge in [0, 0.05) is 0 Å². The van der Waals surface area contributed by atoms with Crippen molar-refractivity contribution < 1.29 is 14.3 Å². The first-order valence-corrected chi connectivity index (χ1v) is 8.80. The molecule has 0 aromatic carbocycles. The summed E-state index contributed by atoms with van der Waals surface area (Å²) in [6.07, 6.45) is 1.88. The number of aromatic nitrogens is 2. The summed E-state index contributed by atoms with van der Waals surface area (Å²) in [6.45, 7) is 6.45. The van der Waals surface area contributed by atoms with Crippen LogP contribution in [0.2, 0.25) is 0 Å². The first-order valence-electron chi connectivity index (χ1n) is 7.72. The highest BCUT2D eigenvalue weighted by molar-refractivity contribution is 14.1. The van der Waals surface area contributed by atoms with Gasteiger partial charge in [0.2, 0.25) is 0 Å². The fourth-order valence-corrected chi connectivity index (χ4v) is 3.82. The van der Waals surface area contributed by atoms with Crippen LogP contribution in [0.1, 0.15) is 49.7 Å². The van der Waals surface area contributed by atoms with Gasteiger partial charge in [-0.15, -0.1) is 0 Å². The van der Waals surface area contributed by atoms with Crippen molar-refractivity contribution in [1.29, 1.82) is 0 Å². The second-order valence-electron chi connectivity index (χ2n) is 7.17. The SMILES string of the molecule is CC(C)(C)OC(=O)N1Cc2c(C(N)=O)c(I)nn2CC1C1CC1. The summed E-state index contributed by atoms with van der Waals surface area (Å²) >= 11 is 2.02. The summed E-state index contributed by atoms with van der Waals surface area (Å²) in [5.41, 5.74) is 6.04. The molecule has 2 aliphatic rings. The molecular weight excluding hydrogens is 411 g/mol. The highest BCUT2D eigenvalue weighted by atomic mass is 127. The number of ether oxygens (including phenoxy) is 1. The molecule has 0 spiro atoms. The van der Waals surface area contributed by atoms with Crippen LogP contribution in [0, 0.1) is 9.62 Å². The highest BCUT2D eigenvalue weighted by Gasteiger charge is 2.43. The third-order valence-corrected chi connectivity index (χ3v) is 4.89. The molecule has 2 N–H and O–H groups in total. The molecule has 1 aromatic heterocycles. The molecule has 2 amide bonds. The summed E-state index contributed by atoms with van der Waals surface area (Å²) in [6, 6.07) is 0.0637. The minimum absolute atomic E-state index is 0.0637. The number of nitrogens with two attached hydrogens (primary N) is 1. The normalized spacial score (nSPS) is 21.0. The Morgan fingerprint density at radius 1 is 1.35 bits per heavy atom. The zero-order chi connectivity index (χ0) is 16.9. The second kappa shape index (κ2) is 5.64. The molecule has 8 heteroatoms. The lowest BCUT2D eigenvalue weighted by Gasteiger charge is -2.37. The Hall–Kier alpha value is -1.32. The lowest BCUT2D eigenvalue weighted by molar-refractivity contribution is 0.00350. The van der Waals surface area contributed by atoms with E-state index in [-0.39, 0.29) is 12.1 Å². The summed E-state index contributed by atoms with van der Waals surface area (Å²) in [5.74, 6) is -0.0285. The van der Waals surface area contributed by atoms with Crippen molar-refractivity contribution in [2.75, 3.05) is 0 Å². The molecule has 3 rings (SSSR count). The zero-order valence-corrected chi connectivity index (χ0v) is 15.7. The van der Waals surface area contributed by atoms with Gasteiger partial charge < -0.3 is 10.5 Å². The van der Waals surface area contributed by atoms with E-state index in [0.717, 1.165) is 12.8 Å². The number of fused-ring (bicyclic) bond motifs is 1. The van der Waals surface area contributed by atoms with E-state index in [0.29, 0.717) is 34.0 Å². The summed E-state index contributed by atoms with van der Waals surface area (Å²) < 4.78 is 7.96. The maximum Gasteiger partial charge on any atom is 0.410 e. The number of hydrogen-bond acceptors (Lipinski definition) is 4. The molecule has 1 saturated carbocycles. The van der Waals surface area contributed by atoms with Gasteiger partial charge in [-0.2, -0.15) is 5.10 Å². The molecule has 2 heterocycles. The van der Waals surface area contributed by atoms with E-state index in [4.69, 9.17) is 10.5 Å². The smallest absolute Gasteiger partial charge is 0.410 e. The highest BCUT2D eigenvalue weighted by Crippen LogP contribution is 2.39. The van der Waals surface area contributed by atoms with E-state index in [1.54, 1.807) is 4.90 Å². The van der Waals surface area contributed by atoms with E-state index < -0.39 is 11.5 Å². The van der Waals surface area contributed by atoms with Gasteiger partial charge >= 0.3 is 6.09 Å². The molecule has 1 aromatic rings. The van der Waals surface area contributed by atoms with Crippen molar-refractivity contribution >= 4 is 34.6 Å². The molecule has 0 bridgehead atoms. The Morgan fingerprint density at radius 3 is 2.52 bits per heavy atom. The van der Waals surface area contributed by atoms with Gasteiger partial charge in [-0.25, -0.2) is 4.79 Å². The van der Waals surface area contributed by atoms with E-state index in [1.165, 1.54) is 0 Å². The molecule has 1 atom stereocenters. The number of nitrogens with zero attached hydrogens (tertiary/aromatic N) is 3. The van der Waals surface area contributed by atoms with Gasteiger partial charge in [0.15, 0.2) is 0 Å². The molecule has 1 unspecified atom stereocenters. The summed E-state index contributed by atoms with van der Waals surface area (Å²) in [5, 5.41) is 4.42. The Kier molecular flexibility index (Phi) is 4.06. The van der Waals surface area contributed by atoms with Crippen LogP contribution in [0.25, 0.3) is 0 Å². The number of hydrogen-bond donors (Lipinski definition) is 1. The largest absolute Gasteiger partial charge is 0.444 e. The third-order valence-electron chi connectivity index (χ3n) is 4.14. The lowest BCUT2D eigenvalue weighted by atomic mass is 10.1. The monoisotopic (exact) mass is 432 g/mol. The van der Waals surface area contributed by atoms with Crippen LogP contribution in [0.5, 0.6) is 0 Å². The van der Waals surface area contributed by atoms with E-state index in [2.05, 4.69) is 5.10 Å². The van der Waals surface area contributed by atoms with Crippen molar-refractivity contribution in [3.05, 3.63) is 15.0 Å². The lowest BCUT2D eigenvalue weighted by Crippen LogP contribution is -2.49. The fourth-order valence-electron chi connectivity index (χ4n) is 2.98. The molecule has 0 radical (unpaired) electrons. The number of amides is 2. The number of rotatable bonds is 2. The van der Waals surface area contributed by atoms with Crippen molar-refractivity contribution in [2.24, 2.45) is 11.7 Å². The maximum atomic E-state index is 12.6. The van der Waals surface area contributed by atoms with Crippen LogP contribution >= 0.6 is 22.6 Å². The molecule has 23 heavy (non-hydrogen) atoms. The van der Waals surface area contributed by atoms with Crippen LogP contribution < -0.4 is 5.73 Å². The average Bonchev–Trinajstić information content (AvgIpc) is 3.17. The first kappa shape index (κ1) is 16.5. The Morgan fingerprint density at radius 2 is 2.00 bits per heavy atom. The number of halogens is 1. The third kappa shape index (κ3) is 3.31. The van der Waals surface area contributed by atoms with Crippen LogP contribution in [0.3, 0.4) is 0 Å². The van der Waals surface area contributed by atoms with E-state index >= 15 is 0 Å². The van der Waals surface area contributed by atoms with Crippen LogP contribution in [-0.4, -0.2) is 38.3 Å². The predicted octanol–water partition coefficient (Wildman–Crippen LogP) is 2.12. The molecule has 0 saturated heterocycles. The van der Waals surface area contributed by atoms with Crippen molar-refractivity contribution in [3.8, 4) is 0 Å². The number of primary amides is 1. The Balaban J connectivity index is 1.93. The van der Waals surface area contributed by atoms with E-state index in [1.807, 2.05) is 48.0 Å². The quantitative estimate of drug-likeness (QED) is 0.725. The average molecular weight is 432 g/mol. The minimum Gasteiger partial charge on any atom is -0.444 e. The zero-order valence-electron chi connectivity index (χ0n) is 13.5. The molecule has 126 valence electrons. The first-order chi connectivity index (χ1) is 10.7. The molecule has 1 fully saturated rings. The van der Waals surface area contributed by atoms with Crippen molar-refractivity contribution in [2.45, 2.75) is 58.3 Å². The maximum absolute atomic E-state index is 12.6. The van der Waals surface area contributed by atoms with Crippen LogP contribution in [-0.2, 0) is 17.8 Å².